The lowest BCUT2D eigenvalue weighted by Gasteiger charge is -2.27. The highest BCUT2D eigenvalue weighted by Gasteiger charge is 2.30. The third kappa shape index (κ3) is 6.77. The molecular weight excluding hydrogens is 276 g/mol. The molecule has 0 aliphatic carbocycles. The van der Waals surface area contributed by atoms with Crippen molar-refractivity contribution in [1.29, 1.82) is 0 Å². The molecule has 1 unspecified atom stereocenters. The van der Waals surface area contributed by atoms with Crippen molar-refractivity contribution in [2.45, 2.75) is 38.1 Å². The van der Waals surface area contributed by atoms with Crippen molar-refractivity contribution in [1.82, 2.24) is 10.2 Å². The molecule has 7 heteroatoms. The molecule has 0 aromatic carbocycles. The van der Waals surface area contributed by atoms with Crippen LogP contribution in [-0.4, -0.2) is 68.1 Å². The van der Waals surface area contributed by atoms with Crippen LogP contribution in [0.1, 0.15) is 32.1 Å². The minimum Gasteiger partial charge on any atom is -0.480 e. The third-order valence-corrected chi connectivity index (χ3v) is 3.47. The molecule has 0 aromatic rings. The highest BCUT2D eigenvalue weighted by Crippen LogP contribution is 2.17. The van der Waals surface area contributed by atoms with Crippen LogP contribution in [0.25, 0.3) is 0 Å². The van der Waals surface area contributed by atoms with Crippen molar-refractivity contribution in [2.75, 3.05) is 40.0 Å². The lowest BCUT2D eigenvalue weighted by Crippen LogP contribution is -2.49. The molecule has 1 heterocycles. The van der Waals surface area contributed by atoms with E-state index >= 15 is 0 Å². The van der Waals surface area contributed by atoms with Crippen LogP contribution in [0.15, 0.2) is 0 Å². The Morgan fingerprint density at radius 1 is 1.24 bits per heavy atom. The second-order valence-electron chi connectivity index (χ2n) is 5.09. The first-order chi connectivity index (χ1) is 10.2. The van der Waals surface area contributed by atoms with E-state index in [9.17, 15) is 14.7 Å². The van der Waals surface area contributed by atoms with E-state index in [1.807, 2.05) is 0 Å². The van der Waals surface area contributed by atoms with Gasteiger partial charge in [0.1, 0.15) is 6.04 Å². The summed E-state index contributed by atoms with van der Waals surface area (Å²) in [7, 11) is 1.61. The Morgan fingerprint density at radius 3 is 2.76 bits per heavy atom. The normalized spacial score (nSPS) is 19.1. The standard InChI is InChI=1S/C14H26N2O5/c1-20-10-11-21-9-5-7-15-14(19)16-8-4-2-3-6-12(16)13(17)18/h12H,2-11H2,1H3,(H,15,19)(H,17,18). The van der Waals surface area contributed by atoms with Crippen LogP contribution >= 0.6 is 0 Å². The van der Waals surface area contributed by atoms with Gasteiger partial charge in [-0.25, -0.2) is 9.59 Å². The molecule has 0 spiro atoms. The number of hydrogen-bond acceptors (Lipinski definition) is 4. The van der Waals surface area contributed by atoms with Crippen molar-refractivity contribution >= 4 is 12.0 Å². The highest BCUT2D eigenvalue weighted by molar-refractivity contribution is 5.82. The van der Waals surface area contributed by atoms with Crippen LogP contribution in [0.2, 0.25) is 0 Å². The van der Waals surface area contributed by atoms with E-state index in [1.54, 1.807) is 7.11 Å². The fourth-order valence-corrected chi connectivity index (χ4v) is 2.32. The van der Waals surface area contributed by atoms with Crippen LogP contribution in [0, 0.1) is 0 Å². The minimum absolute atomic E-state index is 0.291. The van der Waals surface area contributed by atoms with Gasteiger partial charge < -0.3 is 24.8 Å². The molecule has 1 aliphatic heterocycles. The Morgan fingerprint density at radius 2 is 2.05 bits per heavy atom. The molecule has 0 aromatic heterocycles. The average molecular weight is 302 g/mol. The molecule has 21 heavy (non-hydrogen) atoms. The Kier molecular flexibility index (Phi) is 8.77. The zero-order chi connectivity index (χ0) is 15.5. The maximum absolute atomic E-state index is 12.1. The van der Waals surface area contributed by atoms with Crippen molar-refractivity contribution in [3.63, 3.8) is 0 Å². The first-order valence-electron chi connectivity index (χ1n) is 7.50. The van der Waals surface area contributed by atoms with Crippen molar-refractivity contribution < 1.29 is 24.2 Å². The fraction of sp³-hybridized carbons (Fsp3) is 0.857. The van der Waals surface area contributed by atoms with Gasteiger partial charge in [-0.3, -0.25) is 0 Å². The summed E-state index contributed by atoms with van der Waals surface area (Å²) in [5.41, 5.74) is 0. The molecule has 1 fully saturated rings. The number of nitrogens with zero attached hydrogens (tertiary/aromatic N) is 1. The summed E-state index contributed by atoms with van der Waals surface area (Å²) in [6.45, 7) is 2.63. The van der Waals surface area contributed by atoms with E-state index in [-0.39, 0.29) is 6.03 Å². The Hall–Kier alpha value is -1.34. The maximum Gasteiger partial charge on any atom is 0.326 e. The van der Waals surface area contributed by atoms with Gasteiger partial charge in [0.05, 0.1) is 13.2 Å². The van der Waals surface area contributed by atoms with Gasteiger partial charge in [-0.15, -0.1) is 0 Å². The molecule has 1 saturated heterocycles. The molecule has 122 valence electrons. The number of carboxylic acid groups (broad SMARTS) is 1. The van der Waals surface area contributed by atoms with Gasteiger partial charge in [-0.1, -0.05) is 12.8 Å². The lowest BCUT2D eigenvalue weighted by molar-refractivity contribution is -0.142. The van der Waals surface area contributed by atoms with E-state index in [0.29, 0.717) is 45.8 Å². The van der Waals surface area contributed by atoms with Crippen molar-refractivity contribution in [2.24, 2.45) is 0 Å². The van der Waals surface area contributed by atoms with Gasteiger partial charge in [0.15, 0.2) is 0 Å². The topological polar surface area (TPSA) is 88.1 Å². The maximum atomic E-state index is 12.1. The molecule has 0 saturated carbocycles. The molecule has 1 rings (SSSR count). The van der Waals surface area contributed by atoms with E-state index in [1.165, 1.54) is 4.90 Å². The molecule has 1 atom stereocenters. The first-order valence-corrected chi connectivity index (χ1v) is 7.50. The Balaban J connectivity index is 2.26. The number of carbonyl (C=O) groups excluding carboxylic acids is 1. The van der Waals surface area contributed by atoms with Gasteiger partial charge in [0, 0.05) is 26.8 Å². The van der Waals surface area contributed by atoms with Crippen molar-refractivity contribution in [3.05, 3.63) is 0 Å². The number of likely N-dealkylation sites (tertiary alicyclic amines) is 1. The average Bonchev–Trinajstić information content (AvgIpc) is 2.72. The SMILES string of the molecule is COCCOCCCNC(=O)N1CCCCCC1C(=O)O. The lowest BCUT2D eigenvalue weighted by atomic mass is 10.1. The third-order valence-electron chi connectivity index (χ3n) is 3.47. The van der Waals surface area contributed by atoms with E-state index < -0.39 is 12.0 Å². The summed E-state index contributed by atoms with van der Waals surface area (Å²) >= 11 is 0. The Labute approximate surface area is 125 Å². The molecular formula is C14H26N2O5. The first kappa shape index (κ1) is 17.7. The second kappa shape index (κ2) is 10.4. The molecule has 1 aliphatic rings. The van der Waals surface area contributed by atoms with Gasteiger partial charge in [-0.2, -0.15) is 0 Å². The highest BCUT2D eigenvalue weighted by atomic mass is 16.5. The van der Waals surface area contributed by atoms with Gasteiger partial charge in [-0.05, 0) is 19.3 Å². The van der Waals surface area contributed by atoms with E-state index in [0.717, 1.165) is 19.3 Å². The summed E-state index contributed by atoms with van der Waals surface area (Å²) in [5, 5.41) is 12.0. The predicted molar refractivity (Wildman–Crippen MR) is 77.3 cm³/mol. The van der Waals surface area contributed by atoms with Gasteiger partial charge >= 0.3 is 12.0 Å². The summed E-state index contributed by atoms with van der Waals surface area (Å²) in [6.07, 6.45) is 3.91. The van der Waals surface area contributed by atoms with Crippen LogP contribution < -0.4 is 5.32 Å². The molecule has 2 N–H and O–H groups in total. The number of carboxylic acids is 1. The number of aliphatic carboxylic acids is 1. The smallest absolute Gasteiger partial charge is 0.326 e. The van der Waals surface area contributed by atoms with Gasteiger partial charge in [0.2, 0.25) is 0 Å². The minimum atomic E-state index is -0.921. The molecule has 0 radical (unpaired) electrons. The summed E-state index contributed by atoms with van der Waals surface area (Å²) in [4.78, 5) is 24.8. The number of ether oxygens (including phenoxy) is 2. The number of nitrogens with one attached hydrogen (secondary N) is 1. The summed E-state index contributed by atoms with van der Waals surface area (Å²) in [6, 6.07) is -0.994. The zero-order valence-corrected chi connectivity index (χ0v) is 12.7. The summed E-state index contributed by atoms with van der Waals surface area (Å²) < 4.78 is 10.2. The fourth-order valence-electron chi connectivity index (χ4n) is 2.32. The predicted octanol–water partition coefficient (Wildman–Crippen LogP) is 1.08. The monoisotopic (exact) mass is 302 g/mol. The molecule has 2 amide bonds. The number of carbonyl (C=O) groups is 2. The summed E-state index contributed by atoms with van der Waals surface area (Å²) in [5.74, 6) is -0.921. The number of rotatable bonds is 8. The van der Waals surface area contributed by atoms with E-state index in [4.69, 9.17) is 9.47 Å². The van der Waals surface area contributed by atoms with Crippen LogP contribution in [0.5, 0.6) is 0 Å². The van der Waals surface area contributed by atoms with Gasteiger partial charge in [0.25, 0.3) is 0 Å². The number of hydrogen-bond donors (Lipinski definition) is 2. The second-order valence-corrected chi connectivity index (χ2v) is 5.09. The van der Waals surface area contributed by atoms with Crippen LogP contribution in [0.4, 0.5) is 4.79 Å². The molecule has 0 bridgehead atoms. The zero-order valence-electron chi connectivity index (χ0n) is 12.7. The van der Waals surface area contributed by atoms with E-state index in [2.05, 4.69) is 5.32 Å². The van der Waals surface area contributed by atoms with Crippen LogP contribution in [0.3, 0.4) is 0 Å². The van der Waals surface area contributed by atoms with Crippen molar-refractivity contribution in [3.8, 4) is 0 Å². The quantitative estimate of drug-likeness (QED) is 0.655. The van der Waals surface area contributed by atoms with Crippen LogP contribution in [-0.2, 0) is 14.3 Å². The number of methoxy groups -OCH3 is 1. The largest absolute Gasteiger partial charge is 0.480 e. The number of urea groups is 1. The number of amides is 2. The Bertz CT molecular complexity index is 324. The molecule has 7 nitrogen and oxygen atoms in total.